The molecule has 3 rings (SSSR count). The maximum Gasteiger partial charge on any atom is 1.00 e. The van der Waals surface area contributed by atoms with Crippen molar-refractivity contribution in [3.05, 3.63) is 70.9 Å². The van der Waals surface area contributed by atoms with E-state index in [1.54, 1.807) is 19.2 Å². The molecule has 0 unspecified atom stereocenters. The van der Waals surface area contributed by atoms with E-state index in [0.717, 1.165) is 16.3 Å². The maximum atomic E-state index is 11.8. The Bertz CT molecular complexity index is 1100. The molecule has 0 bridgehead atoms. The second kappa shape index (κ2) is 13.3. The Hall–Kier alpha value is -2.12. The van der Waals surface area contributed by atoms with Crippen molar-refractivity contribution in [1.29, 1.82) is 10.7 Å². The summed E-state index contributed by atoms with van der Waals surface area (Å²) in [5.74, 6) is 0.360. The first-order valence-corrected chi connectivity index (χ1v) is 9.21. The van der Waals surface area contributed by atoms with Crippen LogP contribution in [0.5, 0.6) is 11.5 Å². The van der Waals surface area contributed by atoms with E-state index in [4.69, 9.17) is 37.8 Å². The Morgan fingerprint density at radius 2 is 1.94 bits per heavy atom. The Labute approximate surface area is 228 Å². The van der Waals surface area contributed by atoms with Crippen molar-refractivity contribution in [3.8, 4) is 17.6 Å². The van der Waals surface area contributed by atoms with Crippen LogP contribution in [0.2, 0.25) is 5.02 Å². The number of fused-ring (bicyclic) bond motifs is 1. The number of phenolic OH excluding ortho intramolecular Hbond substituents is 1. The number of hydrogen-bond acceptors (Lipinski definition) is 5. The average molecular weight is 463 g/mol. The van der Waals surface area contributed by atoms with Crippen LogP contribution in [0.25, 0.3) is 16.5 Å². The molecule has 0 aliphatic heterocycles. The van der Waals surface area contributed by atoms with Gasteiger partial charge in [-0.3, -0.25) is 4.79 Å². The number of likely N-dealkylation sites (N-methyl/N-ethyl adjacent to an activating group) is 1. The number of hydrogen-bond donors (Lipinski definition) is 2. The summed E-state index contributed by atoms with van der Waals surface area (Å²) in [7, 11) is 1.56. The number of rotatable bonds is 5. The first kappa shape index (κ1) is 26.9. The normalized spacial score (nSPS) is 9.45. The third-order valence-corrected chi connectivity index (χ3v) is 4.41. The van der Waals surface area contributed by atoms with Crippen molar-refractivity contribution < 1.29 is 66.0 Å². The molecular formula is C22H20ClKN4O3. The largest absolute Gasteiger partial charge is 1.00 e. The predicted octanol–water partition coefficient (Wildman–Crippen LogP) is 1.93. The van der Waals surface area contributed by atoms with Gasteiger partial charge in [0.1, 0.15) is 18.0 Å². The molecule has 154 valence electrons. The zero-order valence-electron chi connectivity index (χ0n) is 17.2. The molecule has 0 heterocycles. The summed E-state index contributed by atoms with van der Waals surface area (Å²) in [4.78, 5) is 13.1. The fraction of sp³-hybridized carbons (Fsp3) is 0.136. The molecule has 3 aromatic carbocycles. The fourth-order valence-electron chi connectivity index (χ4n) is 2.50. The first-order chi connectivity index (χ1) is 14.4. The summed E-state index contributed by atoms with van der Waals surface area (Å²) in [6.45, 7) is -0.0816. The molecule has 0 spiro atoms. The molecule has 9 heteroatoms. The SMILES string of the molecule is CN(CC#N)C(=O)COc1ccc(C=N)c2ccccc12.[K+].[NH-]c1ccc(O)c(Cl)c1. The standard InChI is InChI=1S/C16H15N3O2.C6H5ClNO.K/c1-19(9-8-17)16(20)11-21-15-7-6-12(10-18)13-4-2-3-5-14(13)15;7-5-3-4(8)1-2-6(5)9;/h2-7,10,18H,9,11H2,1H3;1-3,8-9H;/q;-1;+1. The van der Waals surface area contributed by atoms with Crippen molar-refractivity contribution in [2.75, 3.05) is 20.2 Å². The van der Waals surface area contributed by atoms with Gasteiger partial charge in [0.05, 0.1) is 11.1 Å². The maximum absolute atomic E-state index is 11.8. The van der Waals surface area contributed by atoms with Gasteiger partial charge >= 0.3 is 51.4 Å². The fourth-order valence-corrected chi connectivity index (χ4v) is 2.68. The number of aromatic hydroxyl groups is 1. The number of nitriles is 1. The molecule has 3 aromatic rings. The quantitative estimate of drug-likeness (QED) is 0.260. The molecular weight excluding hydrogens is 443 g/mol. The van der Waals surface area contributed by atoms with E-state index < -0.39 is 0 Å². The molecule has 3 N–H and O–H groups in total. The van der Waals surface area contributed by atoms with E-state index in [9.17, 15) is 4.79 Å². The number of amides is 1. The van der Waals surface area contributed by atoms with Crippen LogP contribution in [0.4, 0.5) is 5.69 Å². The van der Waals surface area contributed by atoms with E-state index in [2.05, 4.69) is 0 Å². The van der Waals surface area contributed by atoms with Crippen LogP contribution in [0.15, 0.2) is 54.6 Å². The molecule has 1 amide bonds. The zero-order chi connectivity index (χ0) is 22.1. The Morgan fingerprint density at radius 3 is 2.52 bits per heavy atom. The molecule has 0 saturated carbocycles. The Balaban J connectivity index is 0.000000404. The smallest absolute Gasteiger partial charge is 0.699 e. The van der Waals surface area contributed by atoms with Gasteiger partial charge in [0, 0.05) is 24.2 Å². The van der Waals surface area contributed by atoms with Gasteiger partial charge in [-0.1, -0.05) is 48.0 Å². The minimum atomic E-state index is -0.253. The van der Waals surface area contributed by atoms with Gasteiger partial charge in [0.15, 0.2) is 6.61 Å². The second-order valence-corrected chi connectivity index (χ2v) is 6.61. The van der Waals surface area contributed by atoms with Gasteiger partial charge in [-0.15, -0.1) is 5.69 Å². The Morgan fingerprint density at radius 1 is 1.26 bits per heavy atom. The summed E-state index contributed by atoms with van der Waals surface area (Å²) in [6.07, 6.45) is 1.29. The minimum Gasteiger partial charge on any atom is -0.699 e. The van der Waals surface area contributed by atoms with Crippen LogP contribution in [0.3, 0.4) is 0 Å². The predicted molar refractivity (Wildman–Crippen MR) is 118 cm³/mol. The number of phenols is 1. The molecule has 0 aliphatic carbocycles. The van der Waals surface area contributed by atoms with Crippen molar-refractivity contribution in [3.63, 3.8) is 0 Å². The molecule has 0 saturated heterocycles. The number of ether oxygens (including phenoxy) is 1. The van der Waals surface area contributed by atoms with Crippen LogP contribution in [0.1, 0.15) is 5.56 Å². The summed E-state index contributed by atoms with van der Waals surface area (Å²) in [6, 6.07) is 17.3. The monoisotopic (exact) mass is 462 g/mol. The van der Waals surface area contributed by atoms with Crippen molar-refractivity contribution in [1.82, 2.24) is 4.90 Å². The van der Waals surface area contributed by atoms with Crippen LogP contribution >= 0.6 is 11.6 Å². The average Bonchev–Trinajstić information content (AvgIpc) is 2.75. The molecule has 0 aliphatic rings. The summed E-state index contributed by atoms with van der Waals surface area (Å²) in [5, 5.41) is 26.8. The number of nitrogens with one attached hydrogen (secondary N) is 2. The van der Waals surface area contributed by atoms with E-state index in [1.165, 1.54) is 29.3 Å². The third-order valence-electron chi connectivity index (χ3n) is 4.11. The molecule has 7 nitrogen and oxygen atoms in total. The number of carbonyl (C=O) groups excluding carboxylic acids is 1. The topological polar surface area (TPSA) is 121 Å². The molecule has 0 aromatic heterocycles. The minimum absolute atomic E-state index is 0. The molecule has 31 heavy (non-hydrogen) atoms. The first-order valence-electron chi connectivity index (χ1n) is 8.83. The second-order valence-electron chi connectivity index (χ2n) is 6.21. The van der Waals surface area contributed by atoms with Crippen LogP contribution in [0, 0.1) is 16.7 Å². The van der Waals surface area contributed by atoms with Gasteiger partial charge in [0.2, 0.25) is 0 Å². The van der Waals surface area contributed by atoms with E-state index in [-0.39, 0.29) is 81.2 Å². The molecule has 0 atom stereocenters. The van der Waals surface area contributed by atoms with Gasteiger partial charge in [-0.25, -0.2) is 0 Å². The third kappa shape index (κ3) is 7.81. The number of benzene rings is 3. The summed E-state index contributed by atoms with van der Waals surface area (Å²) < 4.78 is 5.57. The van der Waals surface area contributed by atoms with Gasteiger partial charge in [0.25, 0.3) is 5.91 Å². The zero-order valence-corrected chi connectivity index (χ0v) is 21.1. The van der Waals surface area contributed by atoms with E-state index >= 15 is 0 Å². The van der Waals surface area contributed by atoms with Gasteiger partial charge in [-0.2, -0.15) is 5.26 Å². The van der Waals surface area contributed by atoms with Crippen molar-refractivity contribution >= 4 is 40.2 Å². The van der Waals surface area contributed by atoms with Gasteiger partial charge < -0.3 is 25.9 Å². The number of carbonyl (C=O) groups is 1. The van der Waals surface area contributed by atoms with Crippen molar-refractivity contribution in [2.24, 2.45) is 0 Å². The van der Waals surface area contributed by atoms with Gasteiger partial charge in [-0.05, 0) is 23.6 Å². The number of nitrogens with zero attached hydrogens (tertiary/aromatic N) is 2. The van der Waals surface area contributed by atoms with E-state index in [1.807, 2.05) is 30.3 Å². The molecule has 0 fully saturated rings. The van der Waals surface area contributed by atoms with Crippen LogP contribution in [-0.2, 0) is 4.79 Å². The van der Waals surface area contributed by atoms with Crippen LogP contribution in [-0.4, -0.2) is 42.3 Å². The van der Waals surface area contributed by atoms with E-state index in [0.29, 0.717) is 11.4 Å². The summed E-state index contributed by atoms with van der Waals surface area (Å²) >= 11 is 5.44. The number of halogens is 1. The molecule has 0 radical (unpaired) electrons. The van der Waals surface area contributed by atoms with Crippen molar-refractivity contribution in [2.45, 2.75) is 0 Å². The van der Waals surface area contributed by atoms with Crippen LogP contribution < -0.4 is 56.1 Å². The Kier molecular flexibility index (Phi) is 11.6. The summed E-state index contributed by atoms with van der Waals surface area (Å²) in [5.41, 5.74) is 8.14.